The molecule has 0 bridgehead atoms. The molecule has 0 aromatic heterocycles. The lowest BCUT2D eigenvalue weighted by molar-refractivity contribution is 0.136. The first-order valence-corrected chi connectivity index (χ1v) is 3.36. The van der Waals surface area contributed by atoms with Crippen molar-refractivity contribution in [3.63, 3.8) is 0 Å². The molecule has 5 N–H and O–H groups in total. The number of nitrogens with two attached hydrogens (primary N) is 2. The van der Waals surface area contributed by atoms with Crippen molar-refractivity contribution < 1.29 is 5.11 Å². The second-order valence-electron chi connectivity index (χ2n) is 2.26. The van der Waals surface area contributed by atoms with Gasteiger partial charge < -0.3 is 16.6 Å². The van der Waals surface area contributed by atoms with Gasteiger partial charge in [-0.25, -0.2) is 0 Å². The predicted octanol–water partition coefficient (Wildman–Crippen LogP) is -0.567. The largest absolute Gasteiger partial charge is 0.391 e. The predicted molar refractivity (Wildman–Crippen MR) is 37.9 cm³/mol. The first-order valence-electron chi connectivity index (χ1n) is 3.36. The fraction of sp³-hybridized carbons (Fsp3) is 1.00. The second-order valence-corrected chi connectivity index (χ2v) is 2.26. The van der Waals surface area contributed by atoms with E-state index >= 15 is 0 Å². The first-order chi connectivity index (χ1) is 4.22. The SMILES string of the molecule is CCCC(O)C(N)CN. The Labute approximate surface area is 56.0 Å². The molecule has 3 nitrogen and oxygen atoms in total. The average Bonchev–Trinajstić information content (AvgIpc) is 1.87. The van der Waals surface area contributed by atoms with Crippen LogP contribution < -0.4 is 11.5 Å². The van der Waals surface area contributed by atoms with Crippen LogP contribution in [0.3, 0.4) is 0 Å². The van der Waals surface area contributed by atoms with E-state index in [1.165, 1.54) is 0 Å². The Morgan fingerprint density at radius 1 is 1.56 bits per heavy atom. The van der Waals surface area contributed by atoms with Gasteiger partial charge in [-0.2, -0.15) is 0 Å². The van der Waals surface area contributed by atoms with Crippen LogP contribution in [0.5, 0.6) is 0 Å². The number of rotatable bonds is 4. The van der Waals surface area contributed by atoms with Gasteiger partial charge in [-0.05, 0) is 6.42 Å². The Kier molecular flexibility index (Phi) is 4.67. The van der Waals surface area contributed by atoms with Gasteiger partial charge in [0.1, 0.15) is 0 Å². The zero-order valence-electron chi connectivity index (χ0n) is 5.88. The van der Waals surface area contributed by atoms with Crippen LogP contribution in [-0.2, 0) is 0 Å². The molecule has 0 aromatic rings. The minimum atomic E-state index is -0.417. The fourth-order valence-corrected chi connectivity index (χ4v) is 0.667. The Morgan fingerprint density at radius 2 is 2.11 bits per heavy atom. The molecule has 9 heavy (non-hydrogen) atoms. The summed E-state index contributed by atoms with van der Waals surface area (Å²) in [6.45, 7) is 2.37. The molecule has 0 rings (SSSR count). The van der Waals surface area contributed by atoms with Gasteiger partial charge in [0, 0.05) is 12.6 Å². The summed E-state index contributed by atoms with van der Waals surface area (Å²) in [5, 5.41) is 9.11. The molecule has 3 heteroatoms. The molecule has 0 aliphatic heterocycles. The first kappa shape index (κ1) is 8.88. The van der Waals surface area contributed by atoms with E-state index in [1.54, 1.807) is 0 Å². The molecule has 0 spiro atoms. The van der Waals surface area contributed by atoms with Crippen molar-refractivity contribution in [3.05, 3.63) is 0 Å². The van der Waals surface area contributed by atoms with Gasteiger partial charge in [0.05, 0.1) is 6.10 Å². The monoisotopic (exact) mass is 132 g/mol. The highest BCUT2D eigenvalue weighted by Crippen LogP contribution is 1.97. The van der Waals surface area contributed by atoms with Gasteiger partial charge in [-0.1, -0.05) is 13.3 Å². The smallest absolute Gasteiger partial charge is 0.0703 e. The van der Waals surface area contributed by atoms with Gasteiger partial charge in [0.25, 0.3) is 0 Å². The van der Waals surface area contributed by atoms with Gasteiger partial charge in [-0.15, -0.1) is 0 Å². The molecule has 0 saturated heterocycles. The van der Waals surface area contributed by atoms with E-state index in [0.29, 0.717) is 6.54 Å². The minimum absolute atomic E-state index is 0.245. The molecule has 0 amide bonds. The van der Waals surface area contributed by atoms with E-state index in [1.807, 2.05) is 6.92 Å². The Morgan fingerprint density at radius 3 is 2.44 bits per heavy atom. The van der Waals surface area contributed by atoms with E-state index < -0.39 is 6.10 Å². The molecule has 0 saturated carbocycles. The summed E-state index contributed by atoms with van der Waals surface area (Å²) >= 11 is 0. The van der Waals surface area contributed by atoms with Crippen molar-refractivity contribution in [3.8, 4) is 0 Å². The van der Waals surface area contributed by atoms with Gasteiger partial charge in [0.15, 0.2) is 0 Å². The van der Waals surface area contributed by atoms with Crippen LogP contribution in [0.2, 0.25) is 0 Å². The van der Waals surface area contributed by atoms with Crippen LogP contribution in [0, 0.1) is 0 Å². The van der Waals surface area contributed by atoms with Crippen molar-refractivity contribution in [2.45, 2.75) is 31.9 Å². The van der Waals surface area contributed by atoms with Crippen LogP contribution in [0.25, 0.3) is 0 Å². The highest BCUT2D eigenvalue weighted by Gasteiger charge is 2.10. The quantitative estimate of drug-likeness (QED) is 0.480. The van der Waals surface area contributed by atoms with Gasteiger partial charge in [-0.3, -0.25) is 0 Å². The number of hydrogen-bond acceptors (Lipinski definition) is 3. The zero-order chi connectivity index (χ0) is 7.28. The molecule has 0 heterocycles. The van der Waals surface area contributed by atoms with Gasteiger partial charge in [0.2, 0.25) is 0 Å². The Hall–Kier alpha value is -0.120. The van der Waals surface area contributed by atoms with Crippen molar-refractivity contribution in [2.75, 3.05) is 6.54 Å². The van der Waals surface area contributed by atoms with E-state index in [-0.39, 0.29) is 6.04 Å². The van der Waals surface area contributed by atoms with Crippen molar-refractivity contribution in [1.82, 2.24) is 0 Å². The third-order valence-electron chi connectivity index (χ3n) is 1.35. The summed E-state index contributed by atoms with van der Waals surface area (Å²) in [6.07, 6.45) is 1.28. The second kappa shape index (κ2) is 4.73. The Balaban J connectivity index is 3.32. The molecule has 0 aliphatic rings. The molecular formula is C6H16N2O. The molecule has 0 fully saturated rings. The minimum Gasteiger partial charge on any atom is -0.391 e. The van der Waals surface area contributed by atoms with E-state index in [0.717, 1.165) is 12.8 Å². The summed E-state index contributed by atoms with van der Waals surface area (Å²) in [4.78, 5) is 0. The van der Waals surface area contributed by atoms with Crippen LogP contribution >= 0.6 is 0 Å². The van der Waals surface area contributed by atoms with E-state index in [9.17, 15) is 0 Å². The zero-order valence-corrected chi connectivity index (χ0v) is 5.88. The molecule has 56 valence electrons. The van der Waals surface area contributed by atoms with Crippen LogP contribution in [0.4, 0.5) is 0 Å². The standard InChI is InChI=1S/C6H16N2O/c1-2-3-6(9)5(8)4-7/h5-6,9H,2-4,7-8H2,1H3. The number of hydrogen-bond donors (Lipinski definition) is 3. The van der Waals surface area contributed by atoms with Crippen molar-refractivity contribution in [2.24, 2.45) is 11.5 Å². The summed E-state index contributed by atoms with van der Waals surface area (Å²) < 4.78 is 0. The lowest BCUT2D eigenvalue weighted by Crippen LogP contribution is -2.40. The maximum absolute atomic E-state index is 9.11. The normalized spacial score (nSPS) is 17.3. The van der Waals surface area contributed by atoms with Crippen molar-refractivity contribution >= 4 is 0 Å². The molecular weight excluding hydrogens is 116 g/mol. The van der Waals surface area contributed by atoms with Crippen LogP contribution in [0.15, 0.2) is 0 Å². The van der Waals surface area contributed by atoms with Gasteiger partial charge >= 0.3 is 0 Å². The fourth-order valence-electron chi connectivity index (χ4n) is 0.667. The Bertz CT molecular complexity index is 68.1. The lowest BCUT2D eigenvalue weighted by Gasteiger charge is -2.15. The summed E-state index contributed by atoms with van der Waals surface area (Å²) in [6, 6.07) is -0.245. The summed E-state index contributed by atoms with van der Waals surface area (Å²) in [7, 11) is 0. The molecule has 2 atom stereocenters. The van der Waals surface area contributed by atoms with Crippen LogP contribution in [0.1, 0.15) is 19.8 Å². The summed E-state index contributed by atoms with van der Waals surface area (Å²) in [5.74, 6) is 0. The van der Waals surface area contributed by atoms with E-state index in [4.69, 9.17) is 16.6 Å². The molecule has 0 aliphatic carbocycles. The molecule has 2 unspecified atom stereocenters. The highest BCUT2D eigenvalue weighted by molar-refractivity contribution is 4.71. The number of aliphatic hydroxyl groups excluding tert-OH is 1. The van der Waals surface area contributed by atoms with Crippen LogP contribution in [-0.4, -0.2) is 23.8 Å². The third kappa shape index (κ3) is 3.46. The topological polar surface area (TPSA) is 72.3 Å². The lowest BCUT2D eigenvalue weighted by atomic mass is 10.1. The highest BCUT2D eigenvalue weighted by atomic mass is 16.3. The molecule has 0 aromatic carbocycles. The van der Waals surface area contributed by atoms with Crippen molar-refractivity contribution in [1.29, 1.82) is 0 Å². The molecule has 0 radical (unpaired) electrons. The number of aliphatic hydroxyl groups is 1. The third-order valence-corrected chi connectivity index (χ3v) is 1.35. The summed E-state index contributed by atoms with van der Waals surface area (Å²) in [5.41, 5.74) is 10.6. The maximum Gasteiger partial charge on any atom is 0.0703 e. The van der Waals surface area contributed by atoms with E-state index in [2.05, 4.69) is 0 Å². The maximum atomic E-state index is 9.11. The average molecular weight is 132 g/mol.